The van der Waals surface area contributed by atoms with Gasteiger partial charge in [0, 0.05) is 4.47 Å². The Balaban J connectivity index is 1.70. The molecular weight excluding hydrogens is 442 g/mol. The molecule has 0 spiro atoms. The number of amides is 1. The maximum absolute atomic E-state index is 12.4. The smallest absolute Gasteiger partial charge is 0.277 e. The number of para-hydroxylation sites is 2. The van der Waals surface area contributed by atoms with Crippen LogP contribution in [0.1, 0.15) is 10.4 Å². The van der Waals surface area contributed by atoms with E-state index >= 15 is 0 Å². The number of aromatic nitrogens is 4. The quantitative estimate of drug-likeness (QED) is 0.350. The summed E-state index contributed by atoms with van der Waals surface area (Å²) in [4.78, 5) is 35.7. The van der Waals surface area contributed by atoms with E-state index in [0.29, 0.717) is 21.1 Å². The summed E-state index contributed by atoms with van der Waals surface area (Å²) < 4.78 is 2.08. The van der Waals surface area contributed by atoms with Gasteiger partial charge in [0.25, 0.3) is 5.91 Å². The Kier molecular flexibility index (Phi) is 4.87. The van der Waals surface area contributed by atoms with Gasteiger partial charge in [0.15, 0.2) is 0 Å². The fourth-order valence-electron chi connectivity index (χ4n) is 2.76. The molecule has 144 valence electrons. The van der Waals surface area contributed by atoms with E-state index in [4.69, 9.17) is 0 Å². The van der Waals surface area contributed by atoms with Crippen LogP contribution in [0, 0.1) is 10.1 Å². The molecule has 0 saturated heterocycles. The van der Waals surface area contributed by atoms with Gasteiger partial charge in [-0.1, -0.05) is 24.3 Å². The van der Waals surface area contributed by atoms with Crippen LogP contribution in [0.15, 0.2) is 65.7 Å². The summed E-state index contributed by atoms with van der Waals surface area (Å²) in [5.41, 5.74) is 6.22. The van der Waals surface area contributed by atoms with Crippen LogP contribution in [0.4, 0.5) is 11.5 Å². The number of fused-ring (bicyclic) bond motifs is 1. The topological polar surface area (TPSA) is 128 Å². The highest BCUT2D eigenvalue weighted by molar-refractivity contribution is 9.10. The summed E-state index contributed by atoms with van der Waals surface area (Å²) >= 11 is 3.29. The molecule has 4 rings (SSSR count). The minimum absolute atomic E-state index is 0.0244. The van der Waals surface area contributed by atoms with Crippen molar-refractivity contribution in [2.75, 3.05) is 5.43 Å². The molecule has 0 radical (unpaired) electrons. The third-order valence-corrected chi connectivity index (χ3v) is 4.77. The van der Waals surface area contributed by atoms with Gasteiger partial charge in [-0.3, -0.25) is 30.3 Å². The van der Waals surface area contributed by atoms with Gasteiger partial charge < -0.3 is 0 Å². The van der Waals surface area contributed by atoms with E-state index in [1.165, 1.54) is 17.2 Å². The second-order valence-electron chi connectivity index (χ2n) is 5.81. The van der Waals surface area contributed by atoms with Gasteiger partial charge in [0.1, 0.15) is 12.7 Å². The Morgan fingerprint density at radius 3 is 2.62 bits per heavy atom. The van der Waals surface area contributed by atoms with Gasteiger partial charge in [0.2, 0.25) is 11.6 Å². The first-order chi connectivity index (χ1) is 14.1. The van der Waals surface area contributed by atoms with E-state index in [1.54, 1.807) is 42.5 Å². The summed E-state index contributed by atoms with van der Waals surface area (Å²) in [6, 6.07) is 14.0. The number of carbonyl (C=O) groups is 1. The minimum atomic E-state index is -0.614. The lowest BCUT2D eigenvalue weighted by Crippen LogP contribution is -2.30. The molecule has 0 atom stereocenters. The maximum Gasteiger partial charge on any atom is 0.355 e. The number of nitrogens with one attached hydrogen (secondary N) is 2. The largest absolute Gasteiger partial charge is 0.355 e. The number of rotatable bonds is 5. The number of carbonyl (C=O) groups excluding carboxylic acids is 1. The predicted molar refractivity (Wildman–Crippen MR) is 109 cm³/mol. The summed E-state index contributed by atoms with van der Waals surface area (Å²) in [5.74, 6) is -0.616. The van der Waals surface area contributed by atoms with Crippen molar-refractivity contribution in [1.82, 2.24) is 24.9 Å². The second kappa shape index (κ2) is 7.64. The van der Waals surface area contributed by atoms with Gasteiger partial charge in [-0.05, 0) is 40.2 Å². The Labute approximate surface area is 171 Å². The summed E-state index contributed by atoms with van der Waals surface area (Å²) in [6.45, 7) is 0. The first-order valence-electron chi connectivity index (χ1n) is 8.29. The molecular formula is C18H12BrN7O3. The average molecular weight is 454 g/mol. The van der Waals surface area contributed by atoms with Crippen molar-refractivity contribution in [1.29, 1.82) is 0 Å². The highest BCUT2D eigenvalue weighted by Crippen LogP contribution is 2.29. The van der Waals surface area contributed by atoms with Gasteiger partial charge in [-0.25, -0.2) is 15.0 Å². The molecule has 4 aromatic rings. The number of hydrogen-bond donors (Lipinski definition) is 2. The first-order valence-corrected chi connectivity index (χ1v) is 9.08. The molecule has 29 heavy (non-hydrogen) atoms. The lowest BCUT2D eigenvalue weighted by atomic mass is 10.2. The standard InChI is InChI=1S/C18H12BrN7O3/c19-12-6-2-1-5-11(12)18(27)24-23-16-15(26(28)29)17(21-9-20-16)25-10-22-13-7-3-4-8-14(13)25/h1-10H,(H,24,27)(H,20,21,23). The number of nitro groups is 1. The average Bonchev–Trinajstić information content (AvgIpc) is 3.16. The number of benzene rings is 2. The minimum Gasteiger partial charge on any atom is -0.277 e. The van der Waals surface area contributed by atoms with Crippen molar-refractivity contribution in [2.45, 2.75) is 0 Å². The summed E-state index contributed by atoms with van der Waals surface area (Å²) in [5, 5.41) is 11.8. The fraction of sp³-hybridized carbons (Fsp3) is 0. The molecule has 0 unspecified atom stereocenters. The number of halogens is 1. The summed E-state index contributed by atoms with van der Waals surface area (Å²) in [7, 11) is 0. The second-order valence-corrected chi connectivity index (χ2v) is 6.67. The fourth-order valence-corrected chi connectivity index (χ4v) is 3.23. The van der Waals surface area contributed by atoms with Crippen LogP contribution in [0.25, 0.3) is 16.9 Å². The number of imidazole rings is 1. The van der Waals surface area contributed by atoms with Gasteiger partial charge >= 0.3 is 5.69 Å². The Morgan fingerprint density at radius 2 is 1.83 bits per heavy atom. The molecule has 2 heterocycles. The Bertz CT molecular complexity index is 1240. The van der Waals surface area contributed by atoms with E-state index in [2.05, 4.69) is 41.7 Å². The van der Waals surface area contributed by atoms with Crippen molar-refractivity contribution in [2.24, 2.45) is 0 Å². The Morgan fingerprint density at radius 1 is 1.07 bits per heavy atom. The highest BCUT2D eigenvalue weighted by atomic mass is 79.9. The van der Waals surface area contributed by atoms with Crippen LogP contribution >= 0.6 is 15.9 Å². The van der Waals surface area contributed by atoms with Crippen LogP contribution in [-0.2, 0) is 0 Å². The van der Waals surface area contributed by atoms with Crippen molar-refractivity contribution in [3.8, 4) is 5.82 Å². The molecule has 0 aliphatic carbocycles. The Hall–Kier alpha value is -3.86. The van der Waals surface area contributed by atoms with E-state index in [0.717, 1.165) is 0 Å². The van der Waals surface area contributed by atoms with Gasteiger partial charge in [0.05, 0.1) is 21.5 Å². The molecule has 0 aliphatic rings. The van der Waals surface area contributed by atoms with Crippen LogP contribution in [-0.4, -0.2) is 30.3 Å². The van der Waals surface area contributed by atoms with Crippen LogP contribution < -0.4 is 10.9 Å². The van der Waals surface area contributed by atoms with E-state index in [9.17, 15) is 14.9 Å². The van der Waals surface area contributed by atoms with Crippen molar-refractivity contribution < 1.29 is 9.72 Å². The molecule has 2 aromatic heterocycles. The van der Waals surface area contributed by atoms with E-state index < -0.39 is 16.5 Å². The van der Waals surface area contributed by atoms with Crippen molar-refractivity contribution >= 4 is 44.4 Å². The van der Waals surface area contributed by atoms with Crippen LogP contribution in [0.5, 0.6) is 0 Å². The third kappa shape index (κ3) is 3.50. The predicted octanol–water partition coefficient (Wildman–Crippen LogP) is 3.24. The monoisotopic (exact) mass is 453 g/mol. The molecule has 11 heteroatoms. The normalized spacial score (nSPS) is 10.7. The van der Waals surface area contributed by atoms with E-state index in [1.807, 2.05) is 6.07 Å². The lowest BCUT2D eigenvalue weighted by molar-refractivity contribution is -0.384. The molecule has 2 aromatic carbocycles. The van der Waals surface area contributed by atoms with Crippen LogP contribution in [0.3, 0.4) is 0 Å². The first kappa shape index (κ1) is 18.5. The third-order valence-electron chi connectivity index (χ3n) is 4.08. The number of hydrogen-bond acceptors (Lipinski definition) is 7. The molecule has 0 saturated carbocycles. The molecule has 1 amide bonds. The zero-order valence-electron chi connectivity index (χ0n) is 14.6. The molecule has 0 fully saturated rings. The molecule has 2 N–H and O–H groups in total. The number of hydrazine groups is 1. The zero-order chi connectivity index (χ0) is 20.4. The highest BCUT2D eigenvalue weighted by Gasteiger charge is 2.26. The SMILES string of the molecule is O=C(NNc1ncnc(-n2cnc3ccccc32)c1[N+](=O)[O-])c1ccccc1Br. The van der Waals surface area contributed by atoms with E-state index in [-0.39, 0.29) is 11.6 Å². The number of anilines is 1. The van der Waals surface area contributed by atoms with Crippen LogP contribution in [0.2, 0.25) is 0 Å². The van der Waals surface area contributed by atoms with Gasteiger partial charge in [-0.2, -0.15) is 0 Å². The number of nitrogens with zero attached hydrogens (tertiary/aromatic N) is 5. The lowest BCUT2D eigenvalue weighted by Gasteiger charge is -2.11. The van der Waals surface area contributed by atoms with Crippen molar-refractivity contribution in [3.05, 3.63) is 81.3 Å². The molecule has 10 nitrogen and oxygen atoms in total. The summed E-state index contributed by atoms with van der Waals surface area (Å²) in [6.07, 6.45) is 2.62. The molecule has 0 aliphatic heterocycles. The van der Waals surface area contributed by atoms with Crippen molar-refractivity contribution in [3.63, 3.8) is 0 Å². The van der Waals surface area contributed by atoms with Gasteiger partial charge in [-0.15, -0.1) is 0 Å². The maximum atomic E-state index is 12.4. The molecule has 0 bridgehead atoms. The zero-order valence-corrected chi connectivity index (χ0v) is 16.2.